The Labute approximate surface area is 124 Å². The van der Waals surface area contributed by atoms with Crippen LogP contribution in [0.4, 0.5) is 4.39 Å². The number of nitrogens with one attached hydrogen (secondary N) is 1. The van der Waals surface area contributed by atoms with Crippen LogP contribution >= 0.6 is 0 Å². The Kier molecular flexibility index (Phi) is 2.59. The zero-order valence-corrected chi connectivity index (χ0v) is 11.6. The Morgan fingerprint density at radius 3 is 3.09 bits per heavy atom. The van der Waals surface area contributed by atoms with Gasteiger partial charge < -0.3 is 5.32 Å². The lowest BCUT2D eigenvalue weighted by atomic mass is 10.1. The minimum absolute atomic E-state index is 0.0546. The summed E-state index contributed by atoms with van der Waals surface area (Å²) in [4.78, 5) is 21.8. The number of aromatic nitrogens is 4. The Morgan fingerprint density at radius 1 is 1.36 bits per heavy atom. The third kappa shape index (κ3) is 1.96. The second kappa shape index (κ2) is 4.48. The van der Waals surface area contributed by atoms with E-state index in [-0.39, 0.29) is 18.3 Å². The van der Waals surface area contributed by atoms with Crippen LogP contribution in [-0.2, 0) is 4.79 Å². The smallest absolute Gasteiger partial charge is 0.254 e. The topological polar surface area (TPSA) is 75.4 Å². The first-order valence-electron chi connectivity index (χ1n) is 6.66. The molecular weight excluding hydrogens is 287 g/mol. The van der Waals surface area contributed by atoms with Crippen molar-refractivity contribution in [2.75, 3.05) is 6.54 Å². The quantitative estimate of drug-likeness (QED) is 0.847. The van der Waals surface area contributed by atoms with Crippen LogP contribution in [0.15, 0.2) is 42.3 Å². The maximum Gasteiger partial charge on any atom is 0.254 e. The van der Waals surface area contributed by atoms with Crippen LogP contribution in [0.3, 0.4) is 0 Å². The molecule has 0 spiro atoms. The number of fused-ring (bicyclic) bond motifs is 2. The van der Waals surface area contributed by atoms with Gasteiger partial charge in [0.1, 0.15) is 17.5 Å². The van der Waals surface area contributed by atoms with Crippen molar-refractivity contribution in [2.24, 2.45) is 0 Å². The fraction of sp³-hybridized carbons (Fsp3) is 0.143. The summed E-state index contributed by atoms with van der Waals surface area (Å²) in [7, 11) is 0. The van der Waals surface area contributed by atoms with Crippen molar-refractivity contribution in [3.8, 4) is 0 Å². The lowest BCUT2D eigenvalue weighted by Crippen LogP contribution is -2.41. The van der Waals surface area contributed by atoms with Gasteiger partial charge in [-0.15, -0.1) is 0 Å². The van der Waals surface area contributed by atoms with Crippen molar-refractivity contribution in [3.63, 3.8) is 0 Å². The van der Waals surface area contributed by atoms with E-state index in [0.29, 0.717) is 28.7 Å². The summed E-state index contributed by atoms with van der Waals surface area (Å²) in [6, 6.07) is 0. The maximum absolute atomic E-state index is 13.3. The minimum atomic E-state index is -0.350. The zero-order chi connectivity index (χ0) is 15.3. The first kappa shape index (κ1) is 12.7. The molecule has 110 valence electrons. The van der Waals surface area contributed by atoms with Crippen LogP contribution in [0.2, 0.25) is 0 Å². The standard InChI is InChI=1S/C14H11FN6O/c1-8-17-14-16-5-9(6-21(14)19-8)11-4-13(22)20-7-10(15)2-3-12(20)18-11/h2-6,18H,7H2,1H3. The highest BCUT2D eigenvalue weighted by Crippen LogP contribution is 2.23. The van der Waals surface area contributed by atoms with E-state index in [1.807, 2.05) is 0 Å². The lowest BCUT2D eigenvalue weighted by molar-refractivity contribution is -0.124. The predicted molar refractivity (Wildman–Crippen MR) is 75.6 cm³/mol. The molecule has 2 aliphatic heterocycles. The lowest BCUT2D eigenvalue weighted by Gasteiger charge is -2.31. The number of nitrogens with zero attached hydrogens (tertiary/aromatic N) is 5. The summed E-state index contributed by atoms with van der Waals surface area (Å²) < 4.78 is 14.8. The van der Waals surface area contributed by atoms with Gasteiger partial charge in [0.25, 0.3) is 11.7 Å². The van der Waals surface area contributed by atoms with Crippen LogP contribution in [0, 0.1) is 6.92 Å². The van der Waals surface area contributed by atoms with Gasteiger partial charge in [0, 0.05) is 24.0 Å². The molecular formula is C14H11FN6O. The summed E-state index contributed by atoms with van der Waals surface area (Å²) in [5.41, 5.74) is 1.28. The van der Waals surface area contributed by atoms with E-state index >= 15 is 0 Å². The van der Waals surface area contributed by atoms with E-state index in [9.17, 15) is 9.18 Å². The molecule has 0 aromatic carbocycles. The maximum atomic E-state index is 13.3. The number of halogens is 1. The van der Waals surface area contributed by atoms with Gasteiger partial charge in [0.2, 0.25) is 0 Å². The number of carbonyl (C=O) groups excluding carboxylic acids is 1. The monoisotopic (exact) mass is 298 g/mol. The SMILES string of the molecule is Cc1nc2ncc(C3=CC(=O)N4CC(F)=CC=C4N3)cn2n1. The van der Waals surface area contributed by atoms with Gasteiger partial charge in [-0.2, -0.15) is 10.1 Å². The molecule has 4 rings (SSSR count). The van der Waals surface area contributed by atoms with E-state index in [1.165, 1.54) is 23.1 Å². The first-order valence-corrected chi connectivity index (χ1v) is 6.66. The second-order valence-corrected chi connectivity index (χ2v) is 5.02. The number of carbonyl (C=O) groups is 1. The van der Waals surface area contributed by atoms with Crippen LogP contribution in [-0.4, -0.2) is 36.9 Å². The Balaban J connectivity index is 1.75. The molecule has 0 saturated heterocycles. The first-order chi connectivity index (χ1) is 10.6. The number of allylic oxidation sites excluding steroid dienone is 2. The summed E-state index contributed by atoms with van der Waals surface area (Å²) >= 11 is 0. The van der Waals surface area contributed by atoms with E-state index in [2.05, 4.69) is 20.4 Å². The molecule has 2 aromatic rings. The minimum Gasteiger partial charge on any atom is -0.341 e. The summed E-state index contributed by atoms with van der Waals surface area (Å²) in [6.07, 6.45) is 7.66. The van der Waals surface area contributed by atoms with E-state index < -0.39 is 0 Å². The van der Waals surface area contributed by atoms with E-state index in [1.54, 1.807) is 23.8 Å². The molecule has 0 atom stereocenters. The molecule has 2 aliphatic rings. The van der Waals surface area contributed by atoms with Crippen LogP contribution in [0.5, 0.6) is 0 Å². The van der Waals surface area contributed by atoms with E-state index in [4.69, 9.17) is 0 Å². The molecule has 7 nitrogen and oxygen atoms in total. The van der Waals surface area contributed by atoms with Gasteiger partial charge in [-0.25, -0.2) is 13.9 Å². The zero-order valence-electron chi connectivity index (χ0n) is 11.6. The highest BCUT2D eigenvalue weighted by Gasteiger charge is 2.26. The molecule has 0 fully saturated rings. The Morgan fingerprint density at radius 2 is 2.23 bits per heavy atom. The van der Waals surface area contributed by atoms with Crippen molar-refractivity contribution in [2.45, 2.75) is 6.92 Å². The summed E-state index contributed by atoms with van der Waals surface area (Å²) in [6.45, 7) is 1.72. The van der Waals surface area contributed by atoms with Crippen molar-refractivity contribution < 1.29 is 9.18 Å². The fourth-order valence-corrected chi connectivity index (χ4v) is 2.41. The van der Waals surface area contributed by atoms with Crippen molar-refractivity contribution >= 4 is 17.4 Å². The highest BCUT2D eigenvalue weighted by molar-refractivity contribution is 5.98. The van der Waals surface area contributed by atoms with Gasteiger partial charge in [0.15, 0.2) is 0 Å². The Bertz CT molecular complexity index is 894. The normalized spacial score (nSPS) is 17.6. The average Bonchev–Trinajstić information content (AvgIpc) is 2.87. The van der Waals surface area contributed by atoms with Gasteiger partial charge >= 0.3 is 0 Å². The molecule has 0 saturated carbocycles. The molecule has 0 radical (unpaired) electrons. The molecule has 1 amide bonds. The molecule has 8 heteroatoms. The number of rotatable bonds is 1. The highest BCUT2D eigenvalue weighted by atomic mass is 19.1. The van der Waals surface area contributed by atoms with Crippen LogP contribution in [0.1, 0.15) is 11.4 Å². The number of aryl methyl sites for hydroxylation is 1. The number of amides is 1. The third-order valence-electron chi connectivity index (χ3n) is 3.43. The van der Waals surface area contributed by atoms with Gasteiger partial charge in [0.05, 0.1) is 12.2 Å². The second-order valence-electron chi connectivity index (χ2n) is 5.02. The molecule has 0 bridgehead atoms. The molecule has 4 heterocycles. The van der Waals surface area contributed by atoms with Crippen molar-refractivity contribution in [1.82, 2.24) is 29.8 Å². The molecule has 2 aromatic heterocycles. The predicted octanol–water partition coefficient (Wildman–Crippen LogP) is 0.914. The van der Waals surface area contributed by atoms with Crippen molar-refractivity contribution in [1.29, 1.82) is 0 Å². The molecule has 22 heavy (non-hydrogen) atoms. The van der Waals surface area contributed by atoms with Gasteiger partial charge in [-0.3, -0.25) is 9.69 Å². The molecule has 0 unspecified atom stereocenters. The van der Waals surface area contributed by atoms with Gasteiger partial charge in [-0.1, -0.05) is 0 Å². The largest absolute Gasteiger partial charge is 0.341 e. The molecule has 0 aliphatic carbocycles. The average molecular weight is 298 g/mol. The summed E-state index contributed by atoms with van der Waals surface area (Å²) in [5, 5.41) is 7.31. The Hall–Kier alpha value is -3.03. The number of hydrogen-bond acceptors (Lipinski definition) is 5. The summed E-state index contributed by atoms with van der Waals surface area (Å²) in [5.74, 6) is 1.02. The van der Waals surface area contributed by atoms with Crippen LogP contribution < -0.4 is 5.32 Å². The van der Waals surface area contributed by atoms with Crippen LogP contribution in [0.25, 0.3) is 11.5 Å². The third-order valence-corrected chi connectivity index (χ3v) is 3.43. The van der Waals surface area contributed by atoms with E-state index in [0.717, 1.165) is 0 Å². The fourth-order valence-electron chi connectivity index (χ4n) is 2.41. The van der Waals surface area contributed by atoms with Gasteiger partial charge in [-0.05, 0) is 19.1 Å². The number of hydrogen-bond donors (Lipinski definition) is 1. The van der Waals surface area contributed by atoms with Crippen molar-refractivity contribution in [3.05, 3.63) is 53.7 Å². The molecule has 1 N–H and O–H groups in total.